The van der Waals surface area contributed by atoms with E-state index < -0.39 is 0 Å². The first-order valence-electron chi connectivity index (χ1n) is 2.67. The molecule has 2 heteroatoms. The maximum absolute atomic E-state index is 5.35. The van der Waals surface area contributed by atoms with E-state index >= 15 is 0 Å². The number of rotatable bonds is 1. The third-order valence-corrected chi connectivity index (χ3v) is 1.08. The van der Waals surface area contributed by atoms with Crippen LogP contribution in [0.4, 0.5) is 0 Å². The van der Waals surface area contributed by atoms with Crippen LogP contribution >= 0.6 is 0 Å². The Morgan fingerprint density at radius 2 is 1.67 bits per heavy atom. The number of nitrogens with two attached hydrogens (primary N) is 1. The van der Waals surface area contributed by atoms with Gasteiger partial charge in [0.05, 0.1) is 0 Å². The van der Waals surface area contributed by atoms with Gasteiger partial charge in [-0.25, -0.2) is 0 Å². The van der Waals surface area contributed by atoms with Gasteiger partial charge in [0.15, 0.2) is 0 Å². The summed E-state index contributed by atoms with van der Waals surface area (Å²) in [5, 5.41) is 0. The SMILES string of the molecule is NCc1ccccc1.[Ti]. The smallest absolute Gasteiger partial charge is 0.0178 e. The Morgan fingerprint density at radius 3 is 2.00 bits per heavy atom. The van der Waals surface area contributed by atoms with Crippen molar-refractivity contribution in [1.82, 2.24) is 0 Å². The number of benzene rings is 1. The van der Waals surface area contributed by atoms with Crippen LogP contribution in [0.5, 0.6) is 0 Å². The van der Waals surface area contributed by atoms with Crippen molar-refractivity contribution in [2.75, 3.05) is 0 Å². The molecule has 1 nitrogen and oxygen atoms in total. The fourth-order valence-electron chi connectivity index (χ4n) is 0.614. The summed E-state index contributed by atoms with van der Waals surface area (Å²) in [6.07, 6.45) is 0. The van der Waals surface area contributed by atoms with Gasteiger partial charge in [-0.15, -0.1) is 0 Å². The van der Waals surface area contributed by atoms with Crippen LogP contribution < -0.4 is 5.73 Å². The van der Waals surface area contributed by atoms with E-state index in [0.717, 1.165) is 0 Å². The van der Waals surface area contributed by atoms with Crippen molar-refractivity contribution in [3.8, 4) is 0 Å². The number of hydrogen-bond acceptors (Lipinski definition) is 1. The minimum Gasteiger partial charge on any atom is -0.326 e. The van der Waals surface area contributed by atoms with Gasteiger partial charge in [0.1, 0.15) is 0 Å². The summed E-state index contributed by atoms with van der Waals surface area (Å²) in [5.74, 6) is 0. The van der Waals surface area contributed by atoms with Crippen LogP contribution in [0.2, 0.25) is 0 Å². The van der Waals surface area contributed by atoms with Gasteiger partial charge in [0.2, 0.25) is 0 Å². The molecule has 0 unspecified atom stereocenters. The van der Waals surface area contributed by atoms with E-state index in [4.69, 9.17) is 5.73 Å². The third-order valence-electron chi connectivity index (χ3n) is 1.08. The Morgan fingerprint density at radius 1 is 1.11 bits per heavy atom. The predicted molar refractivity (Wildman–Crippen MR) is 34.3 cm³/mol. The fraction of sp³-hybridized carbons (Fsp3) is 0.143. The molecule has 0 bridgehead atoms. The second kappa shape index (κ2) is 4.74. The molecule has 46 valence electrons. The molecule has 0 aliphatic heterocycles. The predicted octanol–water partition coefficient (Wildman–Crippen LogP) is 1.14. The first-order chi connectivity index (χ1) is 3.93. The van der Waals surface area contributed by atoms with Crippen molar-refractivity contribution in [3.05, 3.63) is 35.9 Å². The molecular formula is C7H9NTi. The van der Waals surface area contributed by atoms with Crippen molar-refractivity contribution in [2.24, 2.45) is 5.73 Å². The molecule has 0 heterocycles. The molecule has 0 atom stereocenters. The van der Waals surface area contributed by atoms with E-state index in [0.29, 0.717) is 6.54 Å². The molecule has 0 saturated carbocycles. The van der Waals surface area contributed by atoms with E-state index in [2.05, 4.69) is 0 Å². The Hall–Kier alpha value is -0.106. The quantitative estimate of drug-likeness (QED) is 0.604. The molecule has 2 N–H and O–H groups in total. The maximum atomic E-state index is 5.35. The summed E-state index contributed by atoms with van der Waals surface area (Å²) in [4.78, 5) is 0. The summed E-state index contributed by atoms with van der Waals surface area (Å²) in [6.45, 7) is 0.640. The molecule has 0 saturated heterocycles. The zero-order valence-corrected chi connectivity index (χ0v) is 6.73. The van der Waals surface area contributed by atoms with Crippen LogP contribution in [-0.4, -0.2) is 0 Å². The summed E-state index contributed by atoms with van der Waals surface area (Å²) < 4.78 is 0. The van der Waals surface area contributed by atoms with Crippen LogP contribution in [0, 0.1) is 0 Å². The first-order valence-corrected chi connectivity index (χ1v) is 2.67. The van der Waals surface area contributed by atoms with Gasteiger partial charge in [0, 0.05) is 28.3 Å². The Bertz CT molecular complexity index is 150. The van der Waals surface area contributed by atoms with Crippen molar-refractivity contribution < 1.29 is 21.7 Å². The zero-order chi connectivity index (χ0) is 5.82. The summed E-state index contributed by atoms with van der Waals surface area (Å²) in [7, 11) is 0. The monoisotopic (exact) mass is 155 g/mol. The standard InChI is InChI=1S/C7H9N.Ti/c8-6-7-4-2-1-3-5-7;/h1-5H,6,8H2;. The Labute approximate surface area is 70.1 Å². The van der Waals surface area contributed by atoms with Crippen LogP contribution in [0.1, 0.15) is 5.56 Å². The second-order valence-corrected chi connectivity index (χ2v) is 1.69. The van der Waals surface area contributed by atoms with Gasteiger partial charge in [0.25, 0.3) is 0 Å². The third kappa shape index (κ3) is 2.80. The Balaban J connectivity index is 0.000000640. The molecule has 0 aromatic heterocycles. The molecule has 9 heavy (non-hydrogen) atoms. The molecule has 0 aliphatic carbocycles. The van der Waals surface area contributed by atoms with E-state index in [-0.39, 0.29) is 21.7 Å². The molecule has 1 rings (SSSR count). The maximum Gasteiger partial charge on any atom is 0.0178 e. The van der Waals surface area contributed by atoms with Crippen molar-refractivity contribution >= 4 is 0 Å². The minimum absolute atomic E-state index is 0. The largest absolute Gasteiger partial charge is 0.326 e. The van der Waals surface area contributed by atoms with Crippen molar-refractivity contribution in [1.29, 1.82) is 0 Å². The molecule has 0 spiro atoms. The van der Waals surface area contributed by atoms with Crippen molar-refractivity contribution in [2.45, 2.75) is 6.54 Å². The molecule has 0 aliphatic rings. The van der Waals surface area contributed by atoms with Gasteiger partial charge >= 0.3 is 0 Å². The minimum atomic E-state index is 0. The van der Waals surface area contributed by atoms with Gasteiger partial charge in [-0.05, 0) is 5.56 Å². The summed E-state index contributed by atoms with van der Waals surface area (Å²) in [6, 6.07) is 9.99. The number of hydrogen-bond donors (Lipinski definition) is 1. The van der Waals surface area contributed by atoms with Crippen LogP contribution in [0.3, 0.4) is 0 Å². The molecular weight excluding hydrogens is 146 g/mol. The van der Waals surface area contributed by atoms with Crippen LogP contribution in [0.15, 0.2) is 30.3 Å². The summed E-state index contributed by atoms with van der Waals surface area (Å²) in [5.41, 5.74) is 6.54. The fourth-order valence-corrected chi connectivity index (χ4v) is 0.614. The van der Waals surface area contributed by atoms with E-state index in [1.165, 1.54) is 5.56 Å². The normalized spacial score (nSPS) is 8.11. The van der Waals surface area contributed by atoms with Crippen LogP contribution in [0.25, 0.3) is 0 Å². The van der Waals surface area contributed by atoms with E-state index in [1.807, 2.05) is 30.3 Å². The second-order valence-electron chi connectivity index (χ2n) is 1.69. The molecule has 0 radical (unpaired) electrons. The van der Waals surface area contributed by atoms with Gasteiger partial charge in [-0.3, -0.25) is 0 Å². The Kier molecular flexibility index (Phi) is 4.69. The first kappa shape index (κ1) is 8.89. The average Bonchev–Trinajstić information content (AvgIpc) is 1.90. The molecule has 0 amide bonds. The zero-order valence-electron chi connectivity index (χ0n) is 5.17. The molecule has 1 aromatic carbocycles. The average molecular weight is 155 g/mol. The molecule has 1 aromatic rings. The van der Waals surface area contributed by atoms with Gasteiger partial charge < -0.3 is 5.73 Å². The van der Waals surface area contributed by atoms with Crippen LogP contribution in [-0.2, 0) is 28.3 Å². The summed E-state index contributed by atoms with van der Waals surface area (Å²) >= 11 is 0. The topological polar surface area (TPSA) is 26.0 Å². The van der Waals surface area contributed by atoms with E-state index in [9.17, 15) is 0 Å². The van der Waals surface area contributed by atoms with E-state index in [1.54, 1.807) is 0 Å². The van der Waals surface area contributed by atoms with Gasteiger partial charge in [-0.2, -0.15) is 0 Å². The van der Waals surface area contributed by atoms with Crippen molar-refractivity contribution in [3.63, 3.8) is 0 Å². The molecule has 0 fully saturated rings. The van der Waals surface area contributed by atoms with Gasteiger partial charge in [-0.1, -0.05) is 30.3 Å².